The lowest BCUT2D eigenvalue weighted by Gasteiger charge is -2.39. The molecule has 1 atom stereocenters. The Bertz CT molecular complexity index is 1150. The van der Waals surface area contributed by atoms with Gasteiger partial charge in [-0.1, -0.05) is 66.2 Å². The number of hydrogen-bond acceptors (Lipinski definition) is 4. The molecular formula is C25H22ClN3OS. The van der Waals surface area contributed by atoms with Gasteiger partial charge in [0.1, 0.15) is 0 Å². The minimum Gasteiger partial charge on any atom is -0.334 e. The Morgan fingerprint density at radius 2 is 1.48 bits per heavy atom. The Morgan fingerprint density at radius 1 is 0.839 bits per heavy atom. The lowest BCUT2D eigenvalue weighted by molar-refractivity contribution is 0.0597. The van der Waals surface area contributed by atoms with Gasteiger partial charge in [-0.25, -0.2) is 4.98 Å². The molecular weight excluding hydrogens is 426 g/mol. The van der Waals surface area contributed by atoms with Crippen LogP contribution in [0.2, 0.25) is 5.02 Å². The number of carbonyl (C=O) groups is 1. The molecule has 0 unspecified atom stereocenters. The zero-order chi connectivity index (χ0) is 21.2. The van der Waals surface area contributed by atoms with Crippen molar-refractivity contribution >= 4 is 39.1 Å². The van der Waals surface area contributed by atoms with Crippen LogP contribution in [0.4, 0.5) is 0 Å². The Kier molecular flexibility index (Phi) is 5.72. The maximum atomic E-state index is 13.1. The molecule has 0 saturated carbocycles. The van der Waals surface area contributed by atoms with Gasteiger partial charge in [0, 0.05) is 31.2 Å². The van der Waals surface area contributed by atoms with Crippen molar-refractivity contribution in [3.63, 3.8) is 0 Å². The van der Waals surface area contributed by atoms with Crippen LogP contribution >= 0.6 is 22.9 Å². The first-order chi connectivity index (χ1) is 15.2. The Labute approximate surface area is 190 Å². The van der Waals surface area contributed by atoms with Gasteiger partial charge in [0.2, 0.25) is 0 Å². The first-order valence-corrected chi connectivity index (χ1v) is 11.6. The van der Waals surface area contributed by atoms with Crippen molar-refractivity contribution < 1.29 is 4.79 Å². The fourth-order valence-corrected chi connectivity index (χ4v) is 5.24. The van der Waals surface area contributed by atoms with Crippen LogP contribution in [0.3, 0.4) is 0 Å². The lowest BCUT2D eigenvalue weighted by atomic mass is 9.96. The van der Waals surface area contributed by atoms with Crippen molar-refractivity contribution in [3.8, 4) is 0 Å². The van der Waals surface area contributed by atoms with Gasteiger partial charge in [-0.05, 0) is 35.4 Å². The third-order valence-electron chi connectivity index (χ3n) is 5.74. The van der Waals surface area contributed by atoms with Crippen molar-refractivity contribution in [1.29, 1.82) is 0 Å². The number of rotatable bonds is 4. The number of carbonyl (C=O) groups excluding carboxylic acids is 1. The first-order valence-electron chi connectivity index (χ1n) is 10.4. The molecule has 5 rings (SSSR count). The molecule has 1 saturated heterocycles. The summed E-state index contributed by atoms with van der Waals surface area (Å²) in [6.45, 7) is 2.98. The van der Waals surface area contributed by atoms with Crippen LogP contribution in [0.25, 0.3) is 10.2 Å². The van der Waals surface area contributed by atoms with E-state index in [1.54, 1.807) is 0 Å². The Hall–Kier alpha value is -2.73. The summed E-state index contributed by atoms with van der Waals surface area (Å²) in [7, 11) is 0. The van der Waals surface area contributed by atoms with Crippen LogP contribution in [0.15, 0.2) is 78.9 Å². The monoisotopic (exact) mass is 447 g/mol. The second-order valence-electron chi connectivity index (χ2n) is 7.68. The van der Waals surface area contributed by atoms with Gasteiger partial charge in [-0.15, -0.1) is 11.3 Å². The topological polar surface area (TPSA) is 36.4 Å². The molecule has 3 aromatic carbocycles. The Morgan fingerprint density at radius 3 is 2.19 bits per heavy atom. The van der Waals surface area contributed by atoms with Gasteiger partial charge in [0.05, 0.1) is 16.3 Å². The van der Waals surface area contributed by atoms with E-state index in [1.165, 1.54) is 22.5 Å². The molecule has 1 aliphatic heterocycles. The van der Waals surface area contributed by atoms with Gasteiger partial charge in [-0.3, -0.25) is 9.69 Å². The maximum absolute atomic E-state index is 13.1. The molecule has 0 aliphatic carbocycles. The molecule has 1 aromatic heterocycles. The van der Waals surface area contributed by atoms with Crippen molar-refractivity contribution in [2.24, 2.45) is 0 Å². The molecule has 4 aromatic rings. The van der Waals surface area contributed by atoms with Gasteiger partial charge < -0.3 is 4.90 Å². The quantitative estimate of drug-likeness (QED) is 0.414. The fraction of sp³-hybridized carbons (Fsp3) is 0.200. The maximum Gasteiger partial charge on any atom is 0.282 e. The number of nitrogens with zero attached hydrogens (tertiary/aromatic N) is 3. The molecule has 6 heteroatoms. The normalized spacial score (nSPS) is 15.8. The highest BCUT2D eigenvalue weighted by molar-refractivity contribution is 7.20. The highest BCUT2D eigenvalue weighted by atomic mass is 35.5. The van der Waals surface area contributed by atoms with E-state index in [1.807, 2.05) is 47.4 Å². The number of halogens is 1. The molecule has 1 amide bonds. The molecule has 1 aliphatic rings. The predicted molar refractivity (Wildman–Crippen MR) is 127 cm³/mol. The van der Waals surface area contributed by atoms with Gasteiger partial charge in [-0.2, -0.15) is 0 Å². The summed E-state index contributed by atoms with van der Waals surface area (Å²) in [5.41, 5.74) is 3.35. The number of hydrogen-bond donors (Lipinski definition) is 0. The van der Waals surface area contributed by atoms with E-state index in [0.717, 1.165) is 28.3 Å². The van der Waals surface area contributed by atoms with Crippen LogP contribution in [-0.4, -0.2) is 46.9 Å². The SMILES string of the molecule is O=C(c1nc2ccccc2s1)N1CCN([C@H](c2ccccc2)c2ccc(Cl)cc2)CC1. The zero-order valence-corrected chi connectivity index (χ0v) is 18.5. The second kappa shape index (κ2) is 8.79. The fourth-order valence-electron chi connectivity index (χ4n) is 4.18. The largest absolute Gasteiger partial charge is 0.334 e. The minimum absolute atomic E-state index is 0.0311. The molecule has 0 N–H and O–H groups in total. The summed E-state index contributed by atoms with van der Waals surface area (Å²) < 4.78 is 1.05. The molecule has 2 heterocycles. The summed E-state index contributed by atoms with van der Waals surface area (Å²) in [4.78, 5) is 22.0. The molecule has 0 radical (unpaired) electrons. The zero-order valence-electron chi connectivity index (χ0n) is 16.9. The van der Waals surface area contributed by atoms with E-state index < -0.39 is 0 Å². The lowest BCUT2D eigenvalue weighted by Crippen LogP contribution is -2.49. The second-order valence-corrected chi connectivity index (χ2v) is 9.15. The average Bonchev–Trinajstić information content (AvgIpc) is 3.26. The van der Waals surface area contributed by atoms with E-state index in [-0.39, 0.29) is 11.9 Å². The number of amides is 1. The predicted octanol–water partition coefficient (Wildman–Crippen LogP) is 5.50. The van der Waals surface area contributed by atoms with Crippen molar-refractivity contribution in [3.05, 3.63) is 100 Å². The number of thiazole rings is 1. The van der Waals surface area contributed by atoms with E-state index in [9.17, 15) is 4.79 Å². The number of aromatic nitrogens is 1. The van der Waals surface area contributed by atoms with Crippen LogP contribution in [-0.2, 0) is 0 Å². The smallest absolute Gasteiger partial charge is 0.282 e. The first kappa shape index (κ1) is 20.2. The van der Waals surface area contributed by atoms with E-state index in [0.29, 0.717) is 18.1 Å². The summed E-state index contributed by atoms with van der Waals surface area (Å²) in [5, 5.41) is 1.31. The third kappa shape index (κ3) is 4.22. The Balaban J connectivity index is 1.34. The standard InChI is InChI=1S/C25H22ClN3OS/c26-20-12-10-19(11-13-20)23(18-6-2-1-3-7-18)28-14-16-29(17-15-28)25(30)24-27-21-8-4-5-9-22(21)31-24/h1-13,23H,14-17H2/t23-/m1/s1. The highest BCUT2D eigenvalue weighted by Gasteiger charge is 2.29. The molecule has 0 spiro atoms. The van der Waals surface area contributed by atoms with Gasteiger partial charge in [0.15, 0.2) is 5.01 Å². The minimum atomic E-state index is 0.0311. The number of piperazine rings is 1. The van der Waals surface area contributed by atoms with Crippen molar-refractivity contribution in [2.45, 2.75) is 6.04 Å². The third-order valence-corrected chi connectivity index (χ3v) is 7.02. The van der Waals surface area contributed by atoms with Crippen LogP contribution in [0.5, 0.6) is 0 Å². The average molecular weight is 448 g/mol. The van der Waals surface area contributed by atoms with Crippen LogP contribution in [0, 0.1) is 0 Å². The van der Waals surface area contributed by atoms with Crippen LogP contribution in [0.1, 0.15) is 27.0 Å². The van der Waals surface area contributed by atoms with E-state index >= 15 is 0 Å². The molecule has 1 fully saturated rings. The van der Waals surface area contributed by atoms with E-state index in [2.05, 4.69) is 46.3 Å². The summed E-state index contributed by atoms with van der Waals surface area (Å²) >= 11 is 7.60. The summed E-state index contributed by atoms with van der Waals surface area (Å²) in [5.74, 6) is 0.0311. The number of benzene rings is 3. The van der Waals surface area contributed by atoms with Crippen molar-refractivity contribution in [2.75, 3.05) is 26.2 Å². The van der Waals surface area contributed by atoms with Crippen molar-refractivity contribution in [1.82, 2.24) is 14.8 Å². The van der Waals surface area contributed by atoms with E-state index in [4.69, 9.17) is 11.6 Å². The van der Waals surface area contributed by atoms with Gasteiger partial charge >= 0.3 is 0 Å². The number of fused-ring (bicyclic) bond motifs is 1. The molecule has 31 heavy (non-hydrogen) atoms. The molecule has 156 valence electrons. The molecule has 4 nitrogen and oxygen atoms in total. The molecule has 0 bridgehead atoms. The summed E-state index contributed by atoms with van der Waals surface area (Å²) in [6.07, 6.45) is 0. The number of para-hydroxylation sites is 1. The highest BCUT2D eigenvalue weighted by Crippen LogP contribution is 2.31. The summed E-state index contributed by atoms with van der Waals surface area (Å²) in [6, 6.07) is 26.6. The van der Waals surface area contributed by atoms with Crippen LogP contribution < -0.4 is 0 Å². The van der Waals surface area contributed by atoms with Gasteiger partial charge in [0.25, 0.3) is 5.91 Å².